The van der Waals surface area contributed by atoms with E-state index in [4.69, 9.17) is 10.8 Å². The molecule has 7 nitrogen and oxygen atoms in total. The molecular formula is C14H25N3O4S. The highest BCUT2D eigenvalue weighted by atomic mass is 32.2. The lowest BCUT2D eigenvalue weighted by Crippen LogP contribution is -2.53. The van der Waals surface area contributed by atoms with Gasteiger partial charge in [0.25, 0.3) is 0 Å². The van der Waals surface area contributed by atoms with Gasteiger partial charge in [0.2, 0.25) is 11.8 Å². The van der Waals surface area contributed by atoms with Gasteiger partial charge in [0.1, 0.15) is 0 Å². The van der Waals surface area contributed by atoms with Crippen LogP contribution in [0.5, 0.6) is 0 Å². The van der Waals surface area contributed by atoms with Crippen LogP contribution >= 0.6 is 11.8 Å². The van der Waals surface area contributed by atoms with E-state index in [0.717, 1.165) is 18.6 Å². The topological polar surface area (TPSA) is 122 Å². The Morgan fingerprint density at radius 1 is 1.23 bits per heavy atom. The van der Waals surface area contributed by atoms with Gasteiger partial charge in [-0.25, -0.2) is 0 Å². The summed E-state index contributed by atoms with van der Waals surface area (Å²) in [6, 6.07) is -0.216. The lowest BCUT2D eigenvalue weighted by molar-refractivity contribution is -0.137. The fraction of sp³-hybridized carbons (Fsp3) is 0.786. The van der Waals surface area contributed by atoms with Crippen molar-refractivity contribution in [1.82, 2.24) is 10.6 Å². The van der Waals surface area contributed by atoms with Crippen molar-refractivity contribution in [3.8, 4) is 0 Å². The average Bonchev–Trinajstić information content (AvgIpc) is 2.77. The van der Waals surface area contributed by atoms with Crippen molar-refractivity contribution in [2.75, 3.05) is 12.3 Å². The van der Waals surface area contributed by atoms with Crippen molar-refractivity contribution in [2.45, 2.75) is 56.4 Å². The van der Waals surface area contributed by atoms with Crippen LogP contribution in [0, 0.1) is 0 Å². The van der Waals surface area contributed by atoms with Gasteiger partial charge in [-0.3, -0.25) is 14.4 Å². The number of carbonyl (C=O) groups is 3. The van der Waals surface area contributed by atoms with Gasteiger partial charge in [-0.15, -0.1) is 0 Å². The molecule has 0 spiro atoms. The molecule has 1 saturated heterocycles. The van der Waals surface area contributed by atoms with Gasteiger partial charge in [-0.1, -0.05) is 6.42 Å². The summed E-state index contributed by atoms with van der Waals surface area (Å²) in [6.45, 7) is 1.76. The second kappa shape index (κ2) is 9.68. The van der Waals surface area contributed by atoms with Gasteiger partial charge >= 0.3 is 5.97 Å². The largest absolute Gasteiger partial charge is 0.481 e. The van der Waals surface area contributed by atoms with Crippen molar-refractivity contribution in [2.24, 2.45) is 5.73 Å². The number of unbranched alkanes of at least 4 members (excludes halogenated alkanes) is 1. The molecule has 1 aliphatic rings. The van der Waals surface area contributed by atoms with Crippen LogP contribution < -0.4 is 16.4 Å². The summed E-state index contributed by atoms with van der Waals surface area (Å²) in [5.74, 6) is -0.272. The molecule has 0 aromatic heterocycles. The maximum Gasteiger partial charge on any atom is 0.303 e. The van der Waals surface area contributed by atoms with E-state index in [-0.39, 0.29) is 42.0 Å². The van der Waals surface area contributed by atoms with E-state index in [1.165, 1.54) is 6.92 Å². The maximum absolute atomic E-state index is 11.7. The molecule has 5 N–H and O–H groups in total. The Morgan fingerprint density at radius 2 is 1.95 bits per heavy atom. The van der Waals surface area contributed by atoms with Crippen LogP contribution in [0.1, 0.15) is 39.0 Å². The highest BCUT2D eigenvalue weighted by Gasteiger charge is 2.37. The molecule has 0 bridgehead atoms. The Morgan fingerprint density at radius 3 is 2.55 bits per heavy atom. The molecule has 1 fully saturated rings. The predicted octanol–water partition coefficient (Wildman–Crippen LogP) is 0.0851. The zero-order valence-electron chi connectivity index (χ0n) is 12.8. The predicted molar refractivity (Wildman–Crippen MR) is 85.6 cm³/mol. The first-order valence-corrected chi connectivity index (χ1v) is 8.58. The summed E-state index contributed by atoms with van der Waals surface area (Å²) in [5, 5.41) is 14.7. The number of carboxylic acid groups (broad SMARTS) is 1. The molecule has 0 aromatic rings. The zero-order chi connectivity index (χ0) is 16.5. The van der Waals surface area contributed by atoms with Crippen LogP contribution in [-0.4, -0.2) is 52.5 Å². The van der Waals surface area contributed by atoms with Crippen molar-refractivity contribution in [3.05, 3.63) is 0 Å². The van der Waals surface area contributed by atoms with Crippen LogP contribution in [0.4, 0.5) is 0 Å². The quantitative estimate of drug-likeness (QED) is 0.444. The summed E-state index contributed by atoms with van der Waals surface area (Å²) >= 11 is 1.71. The second-order valence-electron chi connectivity index (χ2n) is 5.45. The summed E-state index contributed by atoms with van der Waals surface area (Å²) in [6.07, 6.45) is 2.69. The summed E-state index contributed by atoms with van der Waals surface area (Å²) in [5.41, 5.74) is 5.37. The lowest BCUT2D eigenvalue weighted by atomic mass is 10.0. The first-order chi connectivity index (χ1) is 10.4. The molecule has 8 heteroatoms. The normalized spacial score (nSPS) is 24.0. The Kier molecular flexibility index (Phi) is 8.26. The molecule has 1 heterocycles. The Hall–Kier alpha value is -1.28. The van der Waals surface area contributed by atoms with E-state index in [9.17, 15) is 14.4 Å². The van der Waals surface area contributed by atoms with Gasteiger partial charge in [-0.2, -0.15) is 11.8 Å². The van der Waals surface area contributed by atoms with Crippen LogP contribution in [0.3, 0.4) is 0 Å². The standard InChI is InChI=1S/C14H25N3O4S/c1-9(18)16-14-10(17-12(19)6-7-15)8-22-11(14)4-2-3-5-13(20)21/h10-11,14H,2-8,15H2,1H3,(H,16,18)(H,17,19)(H,20,21). The number of rotatable bonds is 9. The lowest BCUT2D eigenvalue weighted by Gasteiger charge is -2.25. The summed E-state index contributed by atoms with van der Waals surface area (Å²) in [4.78, 5) is 33.6. The SMILES string of the molecule is CC(=O)NC1C(NC(=O)CCN)CSC1CCCCC(=O)O. The number of aliphatic carboxylic acids is 1. The molecule has 1 aliphatic heterocycles. The number of hydrogen-bond acceptors (Lipinski definition) is 5. The van der Waals surface area contributed by atoms with Crippen LogP contribution in [0.25, 0.3) is 0 Å². The average molecular weight is 331 g/mol. The van der Waals surface area contributed by atoms with E-state index in [0.29, 0.717) is 13.0 Å². The van der Waals surface area contributed by atoms with E-state index in [2.05, 4.69) is 10.6 Å². The molecule has 0 radical (unpaired) electrons. The van der Waals surface area contributed by atoms with Gasteiger partial charge in [0, 0.05) is 37.3 Å². The van der Waals surface area contributed by atoms with Crippen LogP contribution in [0.15, 0.2) is 0 Å². The molecule has 0 saturated carbocycles. The fourth-order valence-electron chi connectivity index (χ4n) is 2.55. The number of carboxylic acids is 1. The van der Waals surface area contributed by atoms with Crippen molar-refractivity contribution >= 4 is 29.5 Å². The van der Waals surface area contributed by atoms with E-state index >= 15 is 0 Å². The number of carbonyl (C=O) groups excluding carboxylic acids is 2. The molecular weight excluding hydrogens is 306 g/mol. The Bertz CT molecular complexity index is 406. The van der Waals surface area contributed by atoms with Gasteiger partial charge < -0.3 is 21.5 Å². The minimum absolute atomic E-state index is 0.0996. The highest BCUT2D eigenvalue weighted by Crippen LogP contribution is 2.31. The third-order valence-corrected chi connectivity index (χ3v) is 5.05. The fourth-order valence-corrected chi connectivity index (χ4v) is 4.09. The van der Waals surface area contributed by atoms with Gasteiger partial charge in [-0.05, 0) is 12.8 Å². The summed E-state index contributed by atoms with van der Waals surface area (Å²) in [7, 11) is 0. The van der Waals surface area contributed by atoms with Crippen molar-refractivity contribution < 1.29 is 19.5 Å². The van der Waals surface area contributed by atoms with Gasteiger partial charge in [0.05, 0.1) is 12.1 Å². The minimum Gasteiger partial charge on any atom is -0.481 e. The molecule has 22 heavy (non-hydrogen) atoms. The van der Waals surface area contributed by atoms with Gasteiger partial charge in [0.15, 0.2) is 0 Å². The molecule has 0 aliphatic carbocycles. The molecule has 126 valence electrons. The summed E-state index contributed by atoms with van der Waals surface area (Å²) < 4.78 is 0. The van der Waals surface area contributed by atoms with E-state index < -0.39 is 5.97 Å². The third-order valence-electron chi connectivity index (χ3n) is 3.54. The zero-order valence-corrected chi connectivity index (χ0v) is 13.7. The number of amides is 2. The van der Waals surface area contributed by atoms with Crippen molar-refractivity contribution in [1.29, 1.82) is 0 Å². The minimum atomic E-state index is -0.788. The monoisotopic (exact) mass is 331 g/mol. The smallest absolute Gasteiger partial charge is 0.303 e. The first-order valence-electron chi connectivity index (χ1n) is 7.54. The molecule has 1 rings (SSSR count). The Balaban J connectivity index is 2.51. The number of thioether (sulfide) groups is 1. The van der Waals surface area contributed by atoms with Crippen molar-refractivity contribution in [3.63, 3.8) is 0 Å². The molecule has 3 atom stereocenters. The van der Waals surface area contributed by atoms with Crippen LogP contribution in [-0.2, 0) is 14.4 Å². The number of nitrogens with two attached hydrogens (primary N) is 1. The second-order valence-corrected chi connectivity index (χ2v) is 6.72. The Labute approximate surface area is 134 Å². The van der Waals surface area contributed by atoms with E-state index in [1.807, 2.05) is 0 Å². The molecule has 2 amide bonds. The number of hydrogen-bond donors (Lipinski definition) is 4. The maximum atomic E-state index is 11.7. The highest BCUT2D eigenvalue weighted by molar-refractivity contribution is 8.00. The molecule has 0 aromatic carbocycles. The third kappa shape index (κ3) is 6.65. The molecule has 3 unspecified atom stereocenters. The van der Waals surface area contributed by atoms with E-state index in [1.54, 1.807) is 11.8 Å². The van der Waals surface area contributed by atoms with Crippen LogP contribution in [0.2, 0.25) is 0 Å². The number of nitrogens with one attached hydrogen (secondary N) is 2. The first kappa shape index (κ1) is 18.8.